The molecule has 4 aromatic rings. The summed E-state index contributed by atoms with van der Waals surface area (Å²) in [6, 6.07) is 13.3. The van der Waals surface area contributed by atoms with E-state index in [0.717, 1.165) is 0 Å². The second-order valence-corrected chi connectivity index (χ2v) is 7.87. The molecule has 0 aliphatic heterocycles. The number of carbonyl (C=O) groups is 1. The summed E-state index contributed by atoms with van der Waals surface area (Å²) >= 11 is 5.86. The van der Waals surface area contributed by atoms with Crippen molar-refractivity contribution in [1.82, 2.24) is 19.9 Å². The molecule has 1 atom stereocenters. The van der Waals surface area contributed by atoms with Crippen molar-refractivity contribution >= 4 is 29.1 Å². The number of nitrogens with zero attached hydrogens (tertiary/aromatic N) is 3. The third-order valence-electron chi connectivity index (χ3n) is 5.23. The Bertz CT molecular complexity index is 1290. The number of aliphatic hydroxyl groups excluding tert-OH is 1. The highest BCUT2D eigenvalue weighted by Crippen LogP contribution is 2.26. The van der Waals surface area contributed by atoms with Crippen molar-refractivity contribution in [2.75, 3.05) is 12.3 Å². The monoisotopic (exact) mass is 453 g/mol. The van der Waals surface area contributed by atoms with E-state index in [-0.39, 0.29) is 23.6 Å². The molecule has 0 aliphatic rings. The molecule has 164 valence electrons. The SMILES string of the molecule is Cc1c(F)cc(-c2ccn3nc(N)nc3c2)cc1C(=O)NCC[C@@H](O)c1ccc(Cl)cc1. The number of rotatable bonds is 6. The normalized spacial score (nSPS) is 12.1. The Hall–Kier alpha value is -3.49. The van der Waals surface area contributed by atoms with Gasteiger partial charge in [0.15, 0.2) is 5.65 Å². The first kappa shape index (κ1) is 21.7. The molecule has 0 saturated heterocycles. The summed E-state index contributed by atoms with van der Waals surface area (Å²) in [7, 11) is 0. The minimum absolute atomic E-state index is 0.137. The molecule has 4 N–H and O–H groups in total. The van der Waals surface area contributed by atoms with Crippen LogP contribution in [0.2, 0.25) is 5.02 Å². The number of halogens is 2. The maximum absolute atomic E-state index is 14.6. The van der Waals surface area contributed by atoms with Gasteiger partial charge in [-0.05, 0) is 72.0 Å². The molecule has 0 fully saturated rings. The van der Waals surface area contributed by atoms with Crippen molar-refractivity contribution in [2.24, 2.45) is 0 Å². The number of fused-ring (bicyclic) bond motifs is 1. The Labute approximate surface area is 188 Å². The smallest absolute Gasteiger partial charge is 0.251 e. The standard InChI is InChI=1S/C23H21ClFN5O2/c1-13-18(22(32)27-8-6-20(31)14-2-4-17(24)5-3-14)10-16(11-19(13)25)15-7-9-30-21(12-15)28-23(26)29-30/h2-5,7,9-12,20,31H,6,8H2,1H3,(H2,26,29)(H,27,32)/t20-/m1/s1. The lowest BCUT2D eigenvalue weighted by Gasteiger charge is -2.14. The average molecular weight is 454 g/mol. The topological polar surface area (TPSA) is 106 Å². The van der Waals surface area contributed by atoms with Crippen molar-refractivity contribution in [1.29, 1.82) is 0 Å². The van der Waals surface area contributed by atoms with Gasteiger partial charge in [0.05, 0.1) is 6.10 Å². The van der Waals surface area contributed by atoms with E-state index < -0.39 is 17.8 Å². The van der Waals surface area contributed by atoms with Gasteiger partial charge < -0.3 is 16.2 Å². The minimum atomic E-state index is -0.751. The fraction of sp³-hybridized carbons (Fsp3) is 0.174. The maximum Gasteiger partial charge on any atom is 0.251 e. The van der Waals surface area contributed by atoms with Crippen molar-refractivity contribution in [3.05, 3.63) is 82.3 Å². The highest BCUT2D eigenvalue weighted by molar-refractivity contribution is 6.30. The largest absolute Gasteiger partial charge is 0.388 e. The molecule has 4 rings (SSSR count). The van der Waals surface area contributed by atoms with Gasteiger partial charge in [-0.15, -0.1) is 5.10 Å². The lowest BCUT2D eigenvalue weighted by atomic mass is 9.99. The predicted octanol–water partition coefficient (Wildman–Crippen LogP) is 3.93. The number of nitrogens with two attached hydrogens (primary N) is 1. The third kappa shape index (κ3) is 4.56. The molecule has 1 amide bonds. The number of aliphatic hydroxyl groups is 1. The van der Waals surface area contributed by atoms with Crippen LogP contribution in [0, 0.1) is 12.7 Å². The molecular formula is C23H21ClFN5O2. The predicted molar refractivity (Wildman–Crippen MR) is 121 cm³/mol. The van der Waals surface area contributed by atoms with Crippen LogP contribution in [0.25, 0.3) is 16.8 Å². The van der Waals surface area contributed by atoms with Gasteiger partial charge in [0.25, 0.3) is 5.91 Å². The van der Waals surface area contributed by atoms with Crippen LogP contribution < -0.4 is 11.1 Å². The molecule has 7 nitrogen and oxygen atoms in total. The molecule has 0 bridgehead atoms. The van der Waals surface area contributed by atoms with Gasteiger partial charge in [-0.25, -0.2) is 8.91 Å². The number of aromatic nitrogens is 3. The number of hydrogen-bond donors (Lipinski definition) is 3. The quantitative estimate of drug-likeness (QED) is 0.410. The molecule has 0 unspecified atom stereocenters. The lowest BCUT2D eigenvalue weighted by Crippen LogP contribution is -2.26. The van der Waals surface area contributed by atoms with Gasteiger partial charge in [0, 0.05) is 23.3 Å². The van der Waals surface area contributed by atoms with Crippen LogP contribution in [0.1, 0.15) is 34.0 Å². The molecule has 0 spiro atoms. The van der Waals surface area contributed by atoms with Gasteiger partial charge >= 0.3 is 0 Å². The van der Waals surface area contributed by atoms with Crippen LogP contribution in [0.3, 0.4) is 0 Å². The molecule has 0 radical (unpaired) electrons. The lowest BCUT2D eigenvalue weighted by molar-refractivity contribution is 0.0941. The summed E-state index contributed by atoms with van der Waals surface area (Å²) in [5.41, 5.74) is 8.52. The molecule has 32 heavy (non-hydrogen) atoms. The number of pyridine rings is 1. The van der Waals surface area contributed by atoms with E-state index in [4.69, 9.17) is 17.3 Å². The van der Waals surface area contributed by atoms with E-state index in [1.54, 1.807) is 55.6 Å². The van der Waals surface area contributed by atoms with Crippen LogP contribution in [0.4, 0.5) is 10.3 Å². The average Bonchev–Trinajstić information content (AvgIpc) is 3.15. The molecule has 2 aromatic carbocycles. The third-order valence-corrected chi connectivity index (χ3v) is 5.49. The summed E-state index contributed by atoms with van der Waals surface area (Å²) in [4.78, 5) is 16.9. The summed E-state index contributed by atoms with van der Waals surface area (Å²) < 4.78 is 16.1. The number of nitrogen functional groups attached to an aromatic ring is 1. The van der Waals surface area contributed by atoms with Gasteiger partial charge in [-0.3, -0.25) is 4.79 Å². The van der Waals surface area contributed by atoms with Crippen LogP contribution in [-0.4, -0.2) is 32.2 Å². The number of amides is 1. The minimum Gasteiger partial charge on any atom is -0.388 e. The van der Waals surface area contributed by atoms with E-state index in [2.05, 4.69) is 15.4 Å². The highest BCUT2D eigenvalue weighted by Gasteiger charge is 2.16. The maximum atomic E-state index is 14.6. The second kappa shape index (κ2) is 8.94. The highest BCUT2D eigenvalue weighted by atomic mass is 35.5. The molecule has 0 aliphatic carbocycles. The van der Waals surface area contributed by atoms with Gasteiger partial charge in [0.1, 0.15) is 5.82 Å². The Morgan fingerprint density at radius 3 is 2.72 bits per heavy atom. The fourth-order valence-corrected chi connectivity index (χ4v) is 3.55. The van der Waals surface area contributed by atoms with E-state index in [1.807, 2.05) is 0 Å². The number of carbonyl (C=O) groups excluding carboxylic acids is 1. The van der Waals surface area contributed by atoms with Crippen LogP contribution in [0.5, 0.6) is 0 Å². The number of nitrogens with one attached hydrogen (secondary N) is 1. The summed E-state index contributed by atoms with van der Waals surface area (Å²) in [5.74, 6) is -0.771. The van der Waals surface area contributed by atoms with Gasteiger partial charge in [0.2, 0.25) is 5.95 Å². The summed E-state index contributed by atoms with van der Waals surface area (Å²) in [6.07, 6.45) is 1.22. The van der Waals surface area contributed by atoms with Crippen LogP contribution >= 0.6 is 11.6 Å². The second-order valence-electron chi connectivity index (χ2n) is 7.43. The van der Waals surface area contributed by atoms with Gasteiger partial charge in [-0.2, -0.15) is 4.98 Å². The molecular weight excluding hydrogens is 433 g/mol. The summed E-state index contributed by atoms with van der Waals surface area (Å²) in [5, 5.41) is 17.7. The number of benzene rings is 2. The van der Waals surface area contributed by atoms with Gasteiger partial charge in [-0.1, -0.05) is 23.7 Å². The first-order valence-corrected chi connectivity index (χ1v) is 10.3. The number of hydrogen-bond acceptors (Lipinski definition) is 5. The zero-order valence-corrected chi connectivity index (χ0v) is 18.0. The molecule has 2 heterocycles. The van der Waals surface area contributed by atoms with Crippen molar-refractivity contribution in [2.45, 2.75) is 19.4 Å². The number of anilines is 1. The molecule has 0 saturated carbocycles. The first-order valence-electron chi connectivity index (χ1n) is 9.96. The first-order chi connectivity index (χ1) is 15.3. The van der Waals surface area contributed by atoms with Crippen molar-refractivity contribution < 1.29 is 14.3 Å². The van der Waals surface area contributed by atoms with Crippen LogP contribution in [-0.2, 0) is 0 Å². The Morgan fingerprint density at radius 1 is 1.22 bits per heavy atom. The molecule has 2 aromatic heterocycles. The van der Waals surface area contributed by atoms with Crippen molar-refractivity contribution in [3.63, 3.8) is 0 Å². The molecule has 9 heteroatoms. The Morgan fingerprint density at radius 2 is 1.97 bits per heavy atom. The van der Waals surface area contributed by atoms with E-state index in [9.17, 15) is 14.3 Å². The zero-order valence-electron chi connectivity index (χ0n) is 17.2. The van der Waals surface area contributed by atoms with Crippen LogP contribution in [0.15, 0.2) is 54.7 Å². The fourth-order valence-electron chi connectivity index (χ4n) is 3.43. The zero-order chi connectivity index (χ0) is 22.8. The van der Waals surface area contributed by atoms with E-state index in [0.29, 0.717) is 33.8 Å². The van der Waals surface area contributed by atoms with E-state index in [1.165, 1.54) is 10.6 Å². The van der Waals surface area contributed by atoms with E-state index >= 15 is 0 Å². The summed E-state index contributed by atoms with van der Waals surface area (Å²) in [6.45, 7) is 1.78. The Kier molecular flexibility index (Phi) is 6.07. The Balaban J connectivity index is 1.50. The van der Waals surface area contributed by atoms with Crippen molar-refractivity contribution in [3.8, 4) is 11.1 Å².